The van der Waals surface area contributed by atoms with Gasteiger partial charge in [0.1, 0.15) is 17.8 Å². The number of carbonyl (C=O) groups excluding carboxylic acids is 5. The summed E-state index contributed by atoms with van der Waals surface area (Å²) in [4.78, 5) is 76.3. The molecule has 3 aliphatic rings. The molecule has 16 heteroatoms. The first-order chi connectivity index (χ1) is 30.9. The fraction of sp³-hybridized carbons (Fsp3) is 0.469. The van der Waals surface area contributed by atoms with Gasteiger partial charge in [-0.25, -0.2) is 4.79 Å². The zero-order chi connectivity index (χ0) is 47.0. The molecule has 4 aromatic rings. The number of nitrogens with one attached hydrogen (secondary N) is 2. The van der Waals surface area contributed by atoms with E-state index in [4.69, 9.17) is 9.47 Å². The zero-order valence-electron chi connectivity index (χ0n) is 38.3. The fourth-order valence-electron chi connectivity index (χ4n) is 9.51. The van der Waals surface area contributed by atoms with E-state index in [2.05, 4.69) is 39.9 Å². The minimum Gasteiger partial charge on any atom is -0.508 e. The molecule has 0 aliphatic carbocycles. The maximum absolute atomic E-state index is 14.7. The van der Waals surface area contributed by atoms with Gasteiger partial charge < -0.3 is 39.4 Å². The number of rotatable bonds is 10. The first kappa shape index (κ1) is 46.9. The molecule has 0 unspecified atom stereocenters. The zero-order valence-corrected chi connectivity index (χ0v) is 38.3. The molecule has 346 valence electrons. The third-order valence-corrected chi connectivity index (χ3v) is 12.8. The molecular weight excluding hydrogens is 831 g/mol. The monoisotopic (exact) mass is 891 g/mol. The molecule has 2 aromatic heterocycles. The highest BCUT2D eigenvalue weighted by Gasteiger charge is 2.46. The van der Waals surface area contributed by atoms with Gasteiger partial charge in [0.25, 0.3) is 5.91 Å². The van der Waals surface area contributed by atoms with Crippen molar-refractivity contribution in [3.63, 3.8) is 0 Å². The van der Waals surface area contributed by atoms with Crippen LogP contribution in [0.15, 0.2) is 67.4 Å². The molecule has 0 radical (unpaired) electrons. The molecule has 4 N–H and O–H groups in total. The molecule has 65 heavy (non-hydrogen) atoms. The van der Waals surface area contributed by atoms with Gasteiger partial charge in [0.15, 0.2) is 0 Å². The Kier molecular flexibility index (Phi) is 13.5. The Balaban J connectivity index is 1.32. The van der Waals surface area contributed by atoms with E-state index in [0.29, 0.717) is 24.1 Å². The normalized spacial score (nSPS) is 20.7. The number of cyclic esters (lactones) is 1. The minimum absolute atomic E-state index is 0.0392. The number of fused-ring (bicyclic) bond motifs is 6. The van der Waals surface area contributed by atoms with Crippen LogP contribution < -0.4 is 10.7 Å². The Labute approximate surface area is 379 Å². The van der Waals surface area contributed by atoms with Crippen LogP contribution in [0.1, 0.15) is 64.3 Å². The number of aryl methyl sites for hydroxylation is 1. The summed E-state index contributed by atoms with van der Waals surface area (Å²) in [7, 11) is 3.16. The number of aromatic hydroxyl groups is 1. The number of hydrogen-bond donors (Lipinski definition) is 4. The van der Waals surface area contributed by atoms with E-state index in [1.165, 1.54) is 29.0 Å². The summed E-state index contributed by atoms with van der Waals surface area (Å²) in [6.45, 7) is 14.5. The summed E-state index contributed by atoms with van der Waals surface area (Å²) in [6, 6.07) is 12.8. The van der Waals surface area contributed by atoms with E-state index >= 15 is 0 Å². The molecule has 6 bridgehead atoms. The number of likely N-dealkylation sites (tertiary alicyclic amines) is 1. The summed E-state index contributed by atoms with van der Waals surface area (Å²) in [5.74, 6) is -3.73. The number of aromatic nitrogens is 2. The van der Waals surface area contributed by atoms with Crippen LogP contribution in [-0.4, -0.2) is 122 Å². The van der Waals surface area contributed by atoms with Crippen molar-refractivity contribution in [1.82, 2.24) is 35.1 Å². The predicted molar refractivity (Wildman–Crippen MR) is 243 cm³/mol. The van der Waals surface area contributed by atoms with Gasteiger partial charge in [-0.1, -0.05) is 46.4 Å². The number of phenols is 1. The summed E-state index contributed by atoms with van der Waals surface area (Å²) in [6.07, 6.45) is 3.49. The quantitative estimate of drug-likeness (QED) is 0.131. The van der Waals surface area contributed by atoms with E-state index in [-0.39, 0.29) is 75.6 Å². The number of aliphatic hydroxyl groups is 1. The highest BCUT2D eigenvalue weighted by molar-refractivity contribution is 5.96. The molecule has 0 saturated carbocycles. The molecule has 3 aliphatic heterocycles. The second kappa shape index (κ2) is 18.8. The maximum Gasteiger partial charge on any atom is 0.355 e. The van der Waals surface area contributed by atoms with Gasteiger partial charge in [-0.3, -0.25) is 29.2 Å². The van der Waals surface area contributed by atoms with Gasteiger partial charge in [-0.2, -0.15) is 5.43 Å². The van der Waals surface area contributed by atoms with Crippen LogP contribution >= 0.6 is 0 Å². The molecule has 5 heterocycles. The van der Waals surface area contributed by atoms with Crippen molar-refractivity contribution in [3.8, 4) is 28.1 Å². The molecule has 2 fully saturated rings. The Morgan fingerprint density at radius 2 is 1.88 bits per heavy atom. The minimum atomic E-state index is -2.26. The van der Waals surface area contributed by atoms with E-state index in [0.717, 1.165) is 44.0 Å². The second-order valence-corrected chi connectivity index (χ2v) is 18.7. The standard InChI is InChI=1S/C49H61N7O9/c1-9-41(58)54-25-33(26-54)45(60)53(7)42(29(3)4)44(59)51-38-21-30-19-32(22-34(57)20-30)31-14-15-40-36(23-31)37(43(55(40)10-2)35-13-11-17-50-39(35)27-64-8)24-48(5,6)28-65-47(62)49(63)16-12-18-56(52-49)46(38)61/h9,11,13-15,17,19-20,22-23,29,33,38,42,52,57,63H,1,10,12,16,18,21,24-28H2,2-8H3,(H,51,59)/t38-,42-,49-/m0/s1. The van der Waals surface area contributed by atoms with Gasteiger partial charge in [0, 0.05) is 81.3 Å². The lowest BCUT2D eigenvalue weighted by molar-refractivity contribution is -0.189. The maximum atomic E-state index is 14.7. The topological polar surface area (TPSA) is 196 Å². The smallest absolute Gasteiger partial charge is 0.355 e. The molecular formula is C49H61N7O9. The van der Waals surface area contributed by atoms with Gasteiger partial charge in [0.05, 0.1) is 30.5 Å². The van der Waals surface area contributed by atoms with Gasteiger partial charge in [-0.15, -0.1) is 0 Å². The third-order valence-electron chi connectivity index (χ3n) is 12.8. The first-order valence-corrected chi connectivity index (χ1v) is 22.3. The molecule has 7 rings (SSSR count). The van der Waals surface area contributed by atoms with Gasteiger partial charge in [-0.05, 0) is 90.4 Å². The molecule has 2 aromatic carbocycles. The summed E-state index contributed by atoms with van der Waals surface area (Å²) < 4.78 is 13.8. The number of carbonyl (C=O) groups is 5. The second-order valence-electron chi connectivity index (χ2n) is 18.7. The number of esters is 1. The van der Waals surface area contributed by atoms with Crippen molar-refractivity contribution in [3.05, 3.63) is 84.2 Å². The van der Waals surface area contributed by atoms with Crippen LogP contribution in [-0.2, 0) is 59.4 Å². The highest BCUT2D eigenvalue weighted by atomic mass is 16.6. The Morgan fingerprint density at radius 1 is 1.12 bits per heavy atom. The first-order valence-electron chi connectivity index (χ1n) is 22.3. The van der Waals surface area contributed by atoms with Crippen LogP contribution in [0.3, 0.4) is 0 Å². The number of nitrogens with zero attached hydrogens (tertiary/aromatic N) is 5. The predicted octanol–water partition coefficient (Wildman–Crippen LogP) is 4.34. The Hall–Kier alpha value is -6.10. The van der Waals surface area contributed by atoms with Crippen molar-refractivity contribution in [1.29, 1.82) is 0 Å². The van der Waals surface area contributed by atoms with Crippen LogP contribution in [0.2, 0.25) is 0 Å². The number of phenolic OH excluding ortho intramolecular Hbond substituents is 1. The van der Waals surface area contributed by atoms with Crippen LogP contribution in [0, 0.1) is 17.3 Å². The SMILES string of the molecule is C=CC(=O)N1CC(C(=O)N(C)[C@H](C(=O)N[C@H]2Cc3cc(O)cc(c3)-c3ccc4c(c3)c(c(-c3cccnc3COC)n4CC)CC(C)(C)COC(=O)[C@@]3(O)CCCN(N3)C2=O)C(C)C)C1. The molecule has 2 saturated heterocycles. The largest absolute Gasteiger partial charge is 0.508 e. The number of methoxy groups -OCH3 is 1. The lowest BCUT2D eigenvalue weighted by Gasteiger charge is -2.42. The molecule has 4 amide bonds. The fourth-order valence-corrected chi connectivity index (χ4v) is 9.51. The number of likely N-dealkylation sites (N-methyl/N-ethyl adjacent to an activating group) is 1. The molecule has 16 nitrogen and oxygen atoms in total. The van der Waals surface area contributed by atoms with E-state index < -0.39 is 46.9 Å². The van der Waals surface area contributed by atoms with E-state index in [9.17, 15) is 34.2 Å². The van der Waals surface area contributed by atoms with Gasteiger partial charge in [0.2, 0.25) is 23.4 Å². The van der Waals surface area contributed by atoms with Crippen LogP contribution in [0.5, 0.6) is 5.75 Å². The number of benzene rings is 2. The number of hydrazine groups is 1. The lowest BCUT2D eigenvalue weighted by Crippen LogP contribution is -2.67. The number of pyridine rings is 1. The van der Waals surface area contributed by atoms with Gasteiger partial charge >= 0.3 is 5.97 Å². The summed E-state index contributed by atoms with van der Waals surface area (Å²) >= 11 is 0. The highest BCUT2D eigenvalue weighted by Crippen LogP contribution is 2.41. The Bertz CT molecular complexity index is 2510. The van der Waals surface area contributed by atoms with Crippen LogP contribution in [0.4, 0.5) is 0 Å². The van der Waals surface area contributed by atoms with Crippen LogP contribution in [0.25, 0.3) is 33.3 Å². The van der Waals surface area contributed by atoms with Crippen molar-refractivity contribution >= 4 is 40.5 Å². The molecule has 3 atom stereocenters. The average molecular weight is 892 g/mol. The van der Waals surface area contributed by atoms with Crippen molar-refractivity contribution in [2.24, 2.45) is 17.3 Å². The van der Waals surface area contributed by atoms with E-state index in [1.54, 1.807) is 33.2 Å². The Morgan fingerprint density at radius 3 is 2.57 bits per heavy atom. The number of amides is 4. The lowest BCUT2D eigenvalue weighted by atomic mass is 9.84. The average Bonchev–Trinajstić information content (AvgIpc) is 3.55. The van der Waals surface area contributed by atoms with Crippen molar-refractivity contribution in [2.75, 3.05) is 40.4 Å². The number of ether oxygens (including phenoxy) is 2. The summed E-state index contributed by atoms with van der Waals surface area (Å²) in [5, 5.41) is 28.1. The number of hydrogen-bond acceptors (Lipinski definition) is 11. The van der Waals surface area contributed by atoms with Crippen molar-refractivity contribution in [2.45, 2.75) is 91.3 Å². The molecule has 0 spiro atoms. The third kappa shape index (κ3) is 9.51. The summed E-state index contributed by atoms with van der Waals surface area (Å²) in [5.41, 5.74) is 6.38. The van der Waals surface area contributed by atoms with E-state index in [1.807, 2.05) is 44.2 Å². The van der Waals surface area contributed by atoms with Crippen molar-refractivity contribution < 1.29 is 43.7 Å².